The highest BCUT2D eigenvalue weighted by atomic mass is 16.5. The minimum atomic E-state index is -0.230. The molecule has 0 saturated heterocycles. The smallest absolute Gasteiger partial charge is 0.174 e. The van der Waals surface area contributed by atoms with E-state index in [-0.39, 0.29) is 18.0 Å². The Morgan fingerprint density at radius 2 is 1.79 bits per heavy atom. The lowest BCUT2D eigenvalue weighted by atomic mass is 10.0. The molecule has 0 aliphatic rings. The van der Waals surface area contributed by atoms with Crippen LogP contribution in [0, 0.1) is 6.92 Å². The summed E-state index contributed by atoms with van der Waals surface area (Å²) in [4.78, 5) is 23.9. The van der Waals surface area contributed by atoms with Gasteiger partial charge in [-0.3, -0.25) is 9.59 Å². The van der Waals surface area contributed by atoms with Crippen molar-refractivity contribution in [2.75, 3.05) is 7.11 Å². The van der Waals surface area contributed by atoms with Crippen molar-refractivity contribution >= 4 is 11.6 Å². The van der Waals surface area contributed by atoms with Crippen molar-refractivity contribution in [3.63, 3.8) is 0 Å². The Bertz CT molecular complexity index is 593. The minimum Gasteiger partial charge on any atom is -0.497 e. The van der Waals surface area contributed by atoms with Gasteiger partial charge in [0.25, 0.3) is 0 Å². The first kappa shape index (κ1) is 13.1. The molecule has 0 atom stereocenters. The maximum atomic E-state index is 12.0. The highest BCUT2D eigenvalue weighted by Gasteiger charge is 2.16. The number of rotatable bonds is 5. The van der Waals surface area contributed by atoms with Crippen molar-refractivity contribution in [1.82, 2.24) is 0 Å². The molecule has 0 amide bonds. The molecule has 0 aliphatic carbocycles. The van der Waals surface area contributed by atoms with Crippen LogP contribution in [0.2, 0.25) is 0 Å². The number of ketones is 2. The number of aryl methyl sites for hydroxylation is 1. The monoisotopic (exact) mass is 258 g/mol. The number of ether oxygens (including phenoxy) is 1. The Morgan fingerprint density at radius 1 is 1.11 bits per heavy atom. The second-order valence-electron chi connectivity index (χ2n) is 4.14. The van der Waals surface area contributed by atoms with Crippen LogP contribution in [0.5, 0.6) is 5.75 Å². The highest BCUT2D eigenvalue weighted by molar-refractivity contribution is 6.13. The van der Waals surface area contributed by atoms with Gasteiger partial charge in [0.2, 0.25) is 0 Å². The van der Waals surface area contributed by atoms with E-state index < -0.39 is 0 Å². The molecule has 2 rings (SSSR count). The molecule has 0 unspecified atom stereocenters. The summed E-state index contributed by atoms with van der Waals surface area (Å²) < 4.78 is 10.1. The summed E-state index contributed by atoms with van der Waals surface area (Å²) in [5.74, 6) is 0.765. The van der Waals surface area contributed by atoms with Gasteiger partial charge in [-0.15, -0.1) is 0 Å². The molecule has 0 radical (unpaired) electrons. The summed E-state index contributed by atoms with van der Waals surface area (Å²) in [6, 6.07) is 8.27. The van der Waals surface area contributed by atoms with Gasteiger partial charge in [-0.2, -0.15) is 0 Å². The van der Waals surface area contributed by atoms with Crippen molar-refractivity contribution in [2.45, 2.75) is 13.3 Å². The Balaban J connectivity index is 2.08. The lowest BCUT2D eigenvalue weighted by Gasteiger charge is -2.02. The van der Waals surface area contributed by atoms with Crippen molar-refractivity contribution in [3.05, 3.63) is 53.5 Å². The van der Waals surface area contributed by atoms with Crippen LogP contribution in [0.4, 0.5) is 0 Å². The second-order valence-corrected chi connectivity index (χ2v) is 4.14. The zero-order valence-electron chi connectivity index (χ0n) is 10.8. The first-order chi connectivity index (χ1) is 9.11. The minimum absolute atomic E-state index is 0.160. The predicted octanol–water partition coefficient (Wildman–Crippen LogP) is 3.05. The molecule has 0 N–H and O–H groups in total. The molecule has 19 heavy (non-hydrogen) atoms. The van der Waals surface area contributed by atoms with Gasteiger partial charge in [0.1, 0.15) is 11.5 Å². The van der Waals surface area contributed by atoms with E-state index in [9.17, 15) is 9.59 Å². The van der Waals surface area contributed by atoms with E-state index in [1.165, 1.54) is 6.26 Å². The molecule has 4 nitrogen and oxygen atoms in total. The lowest BCUT2D eigenvalue weighted by Crippen LogP contribution is -2.08. The normalized spacial score (nSPS) is 10.2. The maximum absolute atomic E-state index is 12.0. The molecule has 2 aromatic rings. The molecular weight excluding hydrogens is 244 g/mol. The summed E-state index contributed by atoms with van der Waals surface area (Å²) in [5.41, 5.74) is 0.956. The summed E-state index contributed by atoms with van der Waals surface area (Å²) in [6.07, 6.45) is 1.28. The van der Waals surface area contributed by atoms with E-state index >= 15 is 0 Å². The molecule has 98 valence electrons. The van der Waals surface area contributed by atoms with Gasteiger partial charge in [0.05, 0.1) is 25.4 Å². The lowest BCUT2D eigenvalue weighted by molar-refractivity contribution is 0.0893. The average Bonchev–Trinajstić information content (AvgIpc) is 2.85. The van der Waals surface area contributed by atoms with Crippen LogP contribution < -0.4 is 4.74 Å². The van der Waals surface area contributed by atoms with E-state index in [4.69, 9.17) is 9.15 Å². The standard InChI is InChI=1S/C15H14O4/c1-10-13(7-8-19-10)15(17)9-14(16)11-3-5-12(18-2)6-4-11/h3-8H,9H2,1-2H3. The van der Waals surface area contributed by atoms with Gasteiger partial charge in [0.15, 0.2) is 11.6 Å². The van der Waals surface area contributed by atoms with E-state index in [2.05, 4.69) is 0 Å². The van der Waals surface area contributed by atoms with E-state index in [1.807, 2.05) is 0 Å². The van der Waals surface area contributed by atoms with Crippen LogP contribution in [0.1, 0.15) is 32.9 Å². The molecule has 1 aromatic carbocycles. The van der Waals surface area contributed by atoms with Crippen molar-refractivity contribution < 1.29 is 18.7 Å². The summed E-state index contributed by atoms with van der Waals surface area (Å²) in [5, 5.41) is 0. The van der Waals surface area contributed by atoms with Gasteiger partial charge >= 0.3 is 0 Å². The molecule has 0 saturated carbocycles. The second kappa shape index (κ2) is 5.52. The van der Waals surface area contributed by atoms with Gasteiger partial charge in [-0.05, 0) is 37.3 Å². The molecule has 0 spiro atoms. The predicted molar refractivity (Wildman–Crippen MR) is 69.7 cm³/mol. The Hall–Kier alpha value is -2.36. The number of hydrogen-bond acceptors (Lipinski definition) is 4. The van der Waals surface area contributed by atoms with Crippen LogP contribution in [0.3, 0.4) is 0 Å². The zero-order chi connectivity index (χ0) is 13.8. The van der Waals surface area contributed by atoms with E-state index in [1.54, 1.807) is 44.4 Å². The molecule has 1 heterocycles. The third-order valence-corrected chi connectivity index (χ3v) is 2.89. The van der Waals surface area contributed by atoms with Crippen molar-refractivity contribution in [1.29, 1.82) is 0 Å². The SMILES string of the molecule is COc1ccc(C(=O)CC(=O)c2ccoc2C)cc1. The van der Waals surface area contributed by atoms with Gasteiger partial charge in [-0.1, -0.05) is 0 Å². The van der Waals surface area contributed by atoms with Crippen LogP contribution in [-0.4, -0.2) is 18.7 Å². The fourth-order valence-electron chi connectivity index (χ4n) is 1.79. The Morgan fingerprint density at radius 3 is 2.32 bits per heavy atom. The number of furan rings is 1. The zero-order valence-corrected chi connectivity index (χ0v) is 10.8. The number of Topliss-reactive ketones (excluding diaryl/α,β-unsaturated/α-hetero) is 2. The van der Waals surface area contributed by atoms with Crippen LogP contribution in [-0.2, 0) is 0 Å². The number of methoxy groups -OCH3 is 1. The van der Waals surface area contributed by atoms with Crippen LogP contribution in [0.15, 0.2) is 41.0 Å². The average molecular weight is 258 g/mol. The van der Waals surface area contributed by atoms with E-state index in [0.29, 0.717) is 22.6 Å². The summed E-state index contributed by atoms with van der Waals surface area (Å²) in [7, 11) is 1.56. The maximum Gasteiger partial charge on any atom is 0.174 e. The van der Waals surface area contributed by atoms with Gasteiger partial charge in [-0.25, -0.2) is 0 Å². The summed E-state index contributed by atoms with van der Waals surface area (Å²) in [6.45, 7) is 1.70. The largest absolute Gasteiger partial charge is 0.497 e. The first-order valence-electron chi connectivity index (χ1n) is 5.86. The van der Waals surface area contributed by atoms with Crippen LogP contribution >= 0.6 is 0 Å². The molecule has 0 aliphatic heterocycles. The molecule has 4 heteroatoms. The van der Waals surface area contributed by atoms with Crippen molar-refractivity contribution in [2.24, 2.45) is 0 Å². The topological polar surface area (TPSA) is 56.5 Å². The summed E-state index contributed by atoms with van der Waals surface area (Å²) >= 11 is 0. The Labute approximate surface area is 111 Å². The van der Waals surface area contributed by atoms with E-state index in [0.717, 1.165) is 0 Å². The first-order valence-corrected chi connectivity index (χ1v) is 5.86. The third kappa shape index (κ3) is 2.91. The Kier molecular flexibility index (Phi) is 3.80. The molecule has 0 bridgehead atoms. The third-order valence-electron chi connectivity index (χ3n) is 2.89. The molecular formula is C15H14O4. The number of carbonyl (C=O) groups excluding carboxylic acids is 2. The highest BCUT2D eigenvalue weighted by Crippen LogP contribution is 2.16. The van der Waals surface area contributed by atoms with Crippen molar-refractivity contribution in [3.8, 4) is 5.75 Å². The molecule has 0 fully saturated rings. The van der Waals surface area contributed by atoms with Gasteiger partial charge < -0.3 is 9.15 Å². The fourth-order valence-corrected chi connectivity index (χ4v) is 1.79. The number of benzene rings is 1. The fraction of sp³-hybridized carbons (Fsp3) is 0.200. The quantitative estimate of drug-likeness (QED) is 0.611. The van der Waals surface area contributed by atoms with Gasteiger partial charge in [0, 0.05) is 5.56 Å². The molecule has 1 aromatic heterocycles. The number of hydrogen-bond donors (Lipinski definition) is 0. The van der Waals surface area contributed by atoms with Crippen LogP contribution in [0.25, 0.3) is 0 Å². The number of carbonyl (C=O) groups is 2.